The molecule has 2 heterocycles. The molecule has 1 aromatic rings. The predicted molar refractivity (Wildman–Crippen MR) is 73.2 cm³/mol. The van der Waals surface area contributed by atoms with Gasteiger partial charge in [-0.15, -0.1) is 10.2 Å². The van der Waals surface area contributed by atoms with Crippen molar-refractivity contribution >= 4 is 5.97 Å². The van der Waals surface area contributed by atoms with Gasteiger partial charge in [-0.2, -0.15) is 0 Å². The summed E-state index contributed by atoms with van der Waals surface area (Å²) in [6.45, 7) is 2.31. The van der Waals surface area contributed by atoms with Crippen LogP contribution < -0.4 is 0 Å². The molecule has 3 rings (SSSR count). The molecule has 0 unspecified atom stereocenters. The molecule has 0 bridgehead atoms. The van der Waals surface area contributed by atoms with Crippen LogP contribution in [0.25, 0.3) is 0 Å². The molecule has 20 heavy (non-hydrogen) atoms. The van der Waals surface area contributed by atoms with Crippen molar-refractivity contribution in [3.05, 3.63) is 12.2 Å². The number of hydrogen-bond acceptors (Lipinski definition) is 4. The SMILES string of the molecule is O=C(O)[C@H]1CCCN(Cc2nncn2C2CCCC2)C1. The molecule has 1 aromatic heterocycles. The quantitative estimate of drug-likeness (QED) is 0.907. The third kappa shape index (κ3) is 2.85. The molecule has 0 aromatic carbocycles. The second-order valence-corrected chi connectivity index (χ2v) is 6.01. The number of aliphatic carboxylic acids is 1. The van der Waals surface area contributed by atoms with E-state index in [1.54, 1.807) is 0 Å². The highest BCUT2D eigenvalue weighted by Crippen LogP contribution is 2.30. The largest absolute Gasteiger partial charge is 0.481 e. The zero-order chi connectivity index (χ0) is 13.9. The number of piperidine rings is 1. The first kappa shape index (κ1) is 13.5. The van der Waals surface area contributed by atoms with E-state index >= 15 is 0 Å². The average molecular weight is 278 g/mol. The standard InChI is InChI=1S/C14H22N4O2/c19-14(20)11-4-3-7-17(8-11)9-13-16-15-10-18(13)12-5-1-2-6-12/h10-12H,1-9H2,(H,19,20)/t11-/m0/s1. The maximum Gasteiger partial charge on any atom is 0.307 e. The van der Waals surface area contributed by atoms with E-state index in [9.17, 15) is 4.79 Å². The minimum atomic E-state index is -0.674. The topological polar surface area (TPSA) is 71.2 Å². The minimum Gasteiger partial charge on any atom is -0.481 e. The second-order valence-electron chi connectivity index (χ2n) is 6.01. The highest BCUT2D eigenvalue weighted by Gasteiger charge is 2.27. The number of hydrogen-bond donors (Lipinski definition) is 1. The Balaban J connectivity index is 1.65. The zero-order valence-corrected chi connectivity index (χ0v) is 11.7. The van der Waals surface area contributed by atoms with Crippen LogP contribution in [0.1, 0.15) is 50.4 Å². The van der Waals surface area contributed by atoms with Crippen molar-refractivity contribution in [3.63, 3.8) is 0 Å². The summed E-state index contributed by atoms with van der Waals surface area (Å²) in [5.74, 6) is 0.0847. The zero-order valence-electron chi connectivity index (χ0n) is 11.7. The highest BCUT2D eigenvalue weighted by molar-refractivity contribution is 5.70. The molecule has 0 radical (unpaired) electrons. The molecule has 1 aliphatic heterocycles. The molecule has 1 aliphatic carbocycles. The second kappa shape index (κ2) is 5.91. The lowest BCUT2D eigenvalue weighted by molar-refractivity contribution is -0.143. The van der Waals surface area contributed by atoms with Gasteiger partial charge in [-0.3, -0.25) is 9.69 Å². The Hall–Kier alpha value is -1.43. The fraction of sp³-hybridized carbons (Fsp3) is 0.786. The number of carbonyl (C=O) groups is 1. The Morgan fingerprint density at radius 1 is 1.30 bits per heavy atom. The third-order valence-corrected chi connectivity index (χ3v) is 4.59. The fourth-order valence-electron chi connectivity index (χ4n) is 3.47. The lowest BCUT2D eigenvalue weighted by Crippen LogP contribution is -2.38. The summed E-state index contributed by atoms with van der Waals surface area (Å²) in [4.78, 5) is 13.3. The van der Waals surface area contributed by atoms with Crippen LogP contribution in [0.5, 0.6) is 0 Å². The van der Waals surface area contributed by atoms with E-state index in [0.29, 0.717) is 12.6 Å². The van der Waals surface area contributed by atoms with Gasteiger partial charge in [-0.25, -0.2) is 0 Å². The van der Waals surface area contributed by atoms with Gasteiger partial charge in [-0.1, -0.05) is 12.8 Å². The molecule has 2 aliphatic rings. The Bertz CT molecular complexity index is 467. The minimum absolute atomic E-state index is 0.230. The van der Waals surface area contributed by atoms with Crippen molar-refractivity contribution in [3.8, 4) is 0 Å². The summed E-state index contributed by atoms with van der Waals surface area (Å²) in [7, 11) is 0. The summed E-state index contributed by atoms with van der Waals surface area (Å²) in [5.41, 5.74) is 0. The number of carboxylic acids is 1. The van der Waals surface area contributed by atoms with Crippen molar-refractivity contribution in [1.29, 1.82) is 0 Å². The van der Waals surface area contributed by atoms with Gasteiger partial charge in [0, 0.05) is 12.6 Å². The molecule has 1 atom stereocenters. The molecular weight excluding hydrogens is 256 g/mol. The van der Waals surface area contributed by atoms with Crippen molar-refractivity contribution in [1.82, 2.24) is 19.7 Å². The fourth-order valence-corrected chi connectivity index (χ4v) is 3.47. The van der Waals surface area contributed by atoms with Gasteiger partial charge >= 0.3 is 5.97 Å². The van der Waals surface area contributed by atoms with Crippen LogP contribution in [0.4, 0.5) is 0 Å². The van der Waals surface area contributed by atoms with Gasteiger partial charge in [-0.05, 0) is 32.2 Å². The lowest BCUT2D eigenvalue weighted by atomic mass is 9.98. The number of nitrogens with zero attached hydrogens (tertiary/aromatic N) is 4. The molecule has 1 saturated carbocycles. The Kier molecular flexibility index (Phi) is 4.00. The third-order valence-electron chi connectivity index (χ3n) is 4.59. The van der Waals surface area contributed by atoms with E-state index in [0.717, 1.165) is 31.8 Å². The van der Waals surface area contributed by atoms with Gasteiger partial charge in [0.25, 0.3) is 0 Å². The summed E-state index contributed by atoms with van der Waals surface area (Å²) in [5, 5.41) is 17.5. The number of likely N-dealkylation sites (tertiary alicyclic amines) is 1. The maximum absolute atomic E-state index is 11.1. The van der Waals surface area contributed by atoms with Crippen molar-refractivity contribution < 1.29 is 9.90 Å². The maximum atomic E-state index is 11.1. The first-order valence-corrected chi connectivity index (χ1v) is 7.57. The van der Waals surface area contributed by atoms with Gasteiger partial charge in [0.05, 0.1) is 12.5 Å². The Morgan fingerprint density at radius 2 is 2.10 bits per heavy atom. The summed E-state index contributed by atoms with van der Waals surface area (Å²) < 4.78 is 2.21. The van der Waals surface area contributed by atoms with Crippen LogP contribution in [0.3, 0.4) is 0 Å². The molecule has 2 fully saturated rings. The first-order valence-electron chi connectivity index (χ1n) is 7.57. The molecule has 1 saturated heterocycles. The van der Waals surface area contributed by atoms with E-state index in [1.165, 1.54) is 25.7 Å². The van der Waals surface area contributed by atoms with Crippen LogP contribution in [0.15, 0.2) is 6.33 Å². The van der Waals surface area contributed by atoms with E-state index in [4.69, 9.17) is 5.11 Å². The average Bonchev–Trinajstić information content (AvgIpc) is 3.09. The summed E-state index contributed by atoms with van der Waals surface area (Å²) in [6.07, 6.45) is 8.57. The Labute approximate surface area is 118 Å². The molecule has 6 nitrogen and oxygen atoms in total. The molecule has 1 N–H and O–H groups in total. The van der Waals surface area contributed by atoms with Gasteiger partial charge in [0.2, 0.25) is 0 Å². The summed E-state index contributed by atoms with van der Waals surface area (Å²) >= 11 is 0. The van der Waals surface area contributed by atoms with Crippen molar-refractivity contribution in [2.24, 2.45) is 5.92 Å². The normalized spacial score (nSPS) is 25.1. The molecule has 0 spiro atoms. The van der Waals surface area contributed by atoms with Crippen LogP contribution in [-0.2, 0) is 11.3 Å². The van der Waals surface area contributed by atoms with Crippen molar-refractivity contribution in [2.75, 3.05) is 13.1 Å². The number of aromatic nitrogens is 3. The van der Waals surface area contributed by atoms with Crippen molar-refractivity contribution in [2.45, 2.75) is 51.1 Å². The van der Waals surface area contributed by atoms with E-state index in [1.807, 2.05) is 6.33 Å². The lowest BCUT2D eigenvalue weighted by Gasteiger charge is -2.30. The number of carboxylic acid groups (broad SMARTS) is 1. The van der Waals surface area contributed by atoms with Crippen LogP contribution in [0, 0.1) is 5.92 Å². The first-order chi connectivity index (χ1) is 9.74. The van der Waals surface area contributed by atoms with Crippen LogP contribution in [0.2, 0.25) is 0 Å². The highest BCUT2D eigenvalue weighted by atomic mass is 16.4. The van der Waals surface area contributed by atoms with E-state index < -0.39 is 5.97 Å². The van der Waals surface area contributed by atoms with Gasteiger partial charge in [0.1, 0.15) is 12.2 Å². The number of rotatable bonds is 4. The van der Waals surface area contributed by atoms with Gasteiger partial charge in [0.15, 0.2) is 0 Å². The van der Waals surface area contributed by atoms with Crippen LogP contribution in [-0.4, -0.2) is 43.8 Å². The molecule has 0 amide bonds. The van der Waals surface area contributed by atoms with E-state index in [-0.39, 0.29) is 5.92 Å². The summed E-state index contributed by atoms with van der Waals surface area (Å²) in [6, 6.07) is 0.542. The van der Waals surface area contributed by atoms with Crippen LogP contribution >= 0.6 is 0 Å². The Morgan fingerprint density at radius 3 is 2.85 bits per heavy atom. The van der Waals surface area contributed by atoms with E-state index in [2.05, 4.69) is 19.7 Å². The monoisotopic (exact) mass is 278 g/mol. The molecule has 6 heteroatoms. The smallest absolute Gasteiger partial charge is 0.307 e. The molecule has 110 valence electrons. The predicted octanol–water partition coefficient (Wildman–Crippen LogP) is 1.69. The van der Waals surface area contributed by atoms with Gasteiger partial charge < -0.3 is 9.67 Å². The molecular formula is C14H22N4O2.